The Morgan fingerprint density at radius 3 is 2.48 bits per heavy atom. The first-order valence-corrected chi connectivity index (χ1v) is 7.94. The van der Waals surface area contributed by atoms with Gasteiger partial charge in [0.1, 0.15) is 5.82 Å². The summed E-state index contributed by atoms with van der Waals surface area (Å²) in [7, 11) is -3.78. The van der Waals surface area contributed by atoms with Crippen LogP contribution in [-0.4, -0.2) is 15.0 Å². The molecule has 2 aromatic rings. The lowest BCUT2D eigenvalue weighted by atomic mass is 10.1. The molecule has 2 aromatic carbocycles. The van der Waals surface area contributed by atoms with Crippen LogP contribution in [0, 0.1) is 12.7 Å². The fourth-order valence-electron chi connectivity index (χ4n) is 1.96. The molecule has 2 rings (SSSR count). The Labute approximate surface area is 123 Å². The van der Waals surface area contributed by atoms with Crippen molar-refractivity contribution in [3.63, 3.8) is 0 Å². The number of halogens is 1. The second kappa shape index (κ2) is 6.34. The van der Waals surface area contributed by atoms with Crippen LogP contribution >= 0.6 is 0 Å². The number of sulfonamides is 1. The van der Waals surface area contributed by atoms with Crippen LogP contribution in [-0.2, 0) is 10.0 Å². The molecule has 0 aromatic heterocycles. The minimum Gasteiger partial charge on any atom is -0.323 e. The molecule has 21 heavy (non-hydrogen) atoms. The smallest absolute Gasteiger partial charge is 0.240 e. The van der Waals surface area contributed by atoms with E-state index in [2.05, 4.69) is 4.72 Å². The van der Waals surface area contributed by atoms with Gasteiger partial charge in [-0.2, -0.15) is 0 Å². The van der Waals surface area contributed by atoms with Crippen molar-refractivity contribution in [1.29, 1.82) is 0 Å². The Morgan fingerprint density at radius 2 is 1.86 bits per heavy atom. The Balaban J connectivity index is 2.11. The number of hydrogen-bond donors (Lipinski definition) is 2. The maximum absolute atomic E-state index is 13.3. The van der Waals surface area contributed by atoms with Crippen molar-refractivity contribution in [3.05, 3.63) is 65.5 Å². The van der Waals surface area contributed by atoms with Crippen molar-refractivity contribution in [2.45, 2.75) is 17.9 Å². The standard InChI is InChI=1S/C15H17FN2O2S/c1-11-7-13(16)9-14(8-11)21(19,20)18-10-15(17)12-5-3-2-4-6-12/h2-9,15,18H,10,17H2,1H3. The van der Waals surface area contributed by atoms with Gasteiger partial charge in [0.2, 0.25) is 10.0 Å². The van der Waals surface area contributed by atoms with Gasteiger partial charge in [-0.25, -0.2) is 17.5 Å². The first kappa shape index (κ1) is 15.6. The molecular formula is C15H17FN2O2S. The molecule has 3 N–H and O–H groups in total. The fourth-order valence-corrected chi connectivity index (χ4v) is 3.13. The third-order valence-electron chi connectivity index (χ3n) is 3.05. The van der Waals surface area contributed by atoms with Crippen LogP contribution in [0.4, 0.5) is 4.39 Å². The molecule has 112 valence electrons. The lowest BCUT2D eigenvalue weighted by Gasteiger charge is -2.13. The summed E-state index contributed by atoms with van der Waals surface area (Å²) >= 11 is 0. The molecule has 1 unspecified atom stereocenters. The van der Waals surface area contributed by atoms with Gasteiger partial charge in [0.15, 0.2) is 0 Å². The van der Waals surface area contributed by atoms with Crippen LogP contribution in [0.3, 0.4) is 0 Å². The summed E-state index contributed by atoms with van der Waals surface area (Å²) in [5.74, 6) is -0.581. The Kier molecular flexibility index (Phi) is 4.72. The van der Waals surface area contributed by atoms with Gasteiger partial charge in [-0.05, 0) is 36.2 Å². The van der Waals surface area contributed by atoms with E-state index >= 15 is 0 Å². The molecule has 0 heterocycles. The van der Waals surface area contributed by atoms with E-state index in [0.717, 1.165) is 11.6 Å². The summed E-state index contributed by atoms with van der Waals surface area (Å²) in [5, 5.41) is 0. The zero-order valence-electron chi connectivity index (χ0n) is 11.6. The molecular weight excluding hydrogens is 291 g/mol. The average Bonchev–Trinajstić information content (AvgIpc) is 2.45. The van der Waals surface area contributed by atoms with Crippen molar-refractivity contribution in [2.24, 2.45) is 5.73 Å². The van der Waals surface area contributed by atoms with Gasteiger partial charge in [-0.1, -0.05) is 30.3 Å². The molecule has 4 nitrogen and oxygen atoms in total. The van der Waals surface area contributed by atoms with Crippen molar-refractivity contribution in [3.8, 4) is 0 Å². The highest BCUT2D eigenvalue weighted by molar-refractivity contribution is 7.89. The minimum atomic E-state index is -3.78. The highest BCUT2D eigenvalue weighted by atomic mass is 32.2. The number of nitrogens with one attached hydrogen (secondary N) is 1. The summed E-state index contributed by atoms with van der Waals surface area (Å²) < 4.78 is 40.0. The van der Waals surface area contributed by atoms with E-state index in [1.807, 2.05) is 30.3 Å². The van der Waals surface area contributed by atoms with E-state index < -0.39 is 21.9 Å². The molecule has 0 aliphatic carbocycles. The normalized spacial score (nSPS) is 13.1. The number of rotatable bonds is 5. The molecule has 0 saturated heterocycles. The Morgan fingerprint density at radius 1 is 1.19 bits per heavy atom. The van der Waals surface area contributed by atoms with Gasteiger partial charge in [-0.3, -0.25) is 0 Å². The van der Waals surface area contributed by atoms with Crippen LogP contribution in [0.2, 0.25) is 0 Å². The second-order valence-corrected chi connectivity index (χ2v) is 6.60. The van der Waals surface area contributed by atoms with Gasteiger partial charge < -0.3 is 5.73 Å². The lowest BCUT2D eigenvalue weighted by molar-refractivity contribution is 0.569. The summed E-state index contributed by atoms with van der Waals surface area (Å²) in [5.41, 5.74) is 7.31. The lowest BCUT2D eigenvalue weighted by Crippen LogP contribution is -2.32. The van der Waals surface area contributed by atoms with E-state index in [1.165, 1.54) is 12.1 Å². The van der Waals surface area contributed by atoms with Crippen LogP contribution in [0.25, 0.3) is 0 Å². The monoisotopic (exact) mass is 308 g/mol. The third kappa shape index (κ3) is 4.10. The number of nitrogens with two attached hydrogens (primary N) is 1. The SMILES string of the molecule is Cc1cc(F)cc(S(=O)(=O)NCC(N)c2ccccc2)c1. The van der Waals surface area contributed by atoms with Crippen molar-refractivity contribution in [1.82, 2.24) is 4.72 Å². The zero-order valence-corrected chi connectivity index (χ0v) is 12.4. The van der Waals surface area contributed by atoms with Crippen LogP contribution < -0.4 is 10.5 Å². The Bertz CT molecular complexity index is 697. The Hall–Kier alpha value is -1.76. The molecule has 0 bridgehead atoms. The number of aryl methyl sites for hydroxylation is 1. The van der Waals surface area contributed by atoms with Gasteiger partial charge >= 0.3 is 0 Å². The van der Waals surface area contributed by atoms with E-state index in [1.54, 1.807) is 6.92 Å². The third-order valence-corrected chi connectivity index (χ3v) is 4.45. The first-order chi connectivity index (χ1) is 9.88. The zero-order chi connectivity index (χ0) is 15.5. The minimum absolute atomic E-state index is 0.0436. The predicted molar refractivity (Wildman–Crippen MR) is 79.7 cm³/mol. The molecule has 0 aliphatic heterocycles. The van der Waals surface area contributed by atoms with Crippen molar-refractivity contribution in [2.75, 3.05) is 6.54 Å². The number of hydrogen-bond acceptors (Lipinski definition) is 3. The summed E-state index contributed by atoms with van der Waals surface area (Å²) in [6, 6.07) is 12.4. The molecule has 0 radical (unpaired) electrons. The van der Waals surface area contributed by atoms with Crippen LogP contribution in [0.1, 0.15) is 17.2 Å². The highest BCUT2D eigenvalue weighted by Gasteiger charge is 2.17. The van der Waals surface area contributed by atoms with Crippen molar-refractivity contribution < 1.29 is 12.8 Å². The average molecular weight is 308 g/mol. The van der Waals surface area contributed by atoms with Gasteiger partial charge in [-0.15, -0.1) is 0 Å². The first-order valence-electron chi connectivity index (χ1n) is 6.46. The topological polar surface area (TPSA) is 72.2 Å². The van der Waals surface area contributed by atoms with Crippen molar-refractivity contribution >= 4 is 10.0 Å². The molecule has 0 saturated carbocycles. The van der Waals surface area contributed by atoms with E-state index in [4.69, 9.17) is 5.73 Å². The molecule has 1 atom stereocenters. The van der Waals surface area contributed by atoms with E-state index in [9.17, 15) is 12.8 Å². The summed E-state index contributed by atoms with van der Waals surface area (Å²) in [6.07, 6.45) is 0. The predicted octanol–water partition coefficient (Wildman–Crippen LogP) is 2.11. The van der Waals surface area contributed by atoms with E-state index in [-0.39, 0.29) is 11.4 Å². The van der Waals surface area contributed by atoms with Crippen LogP contribution in [0.5, 0.6) is 0 Å². The highest BCUT2D eigenvalue weighted by Crippen LogP contribution is 2.15. The molecule has 0 fully saturated rings. The second-order valence-electron chi connectivity index (χ2n) is 4.83. The molecule has 6 heteroatoms. The fraction of sp³-hybridized carbons (Fsp3) is 0.200. The molecule has 0 spiro atoms. The van der Waals surface area contributed by atoms with E-state index in [0.29, 0.717) is 5.56 Å². The molecule has 0 amide bonds. The quantitative estimate of drug-likeness (QED) is 0.888. The summed E-state index contributed by atoms with van der Waals surface area (Å²) in [6.45, 7) is 1.68. The van der Waals surface area contributed by atoms with Gasteiger partial charge in [0.25, 0.3) is 0 Å². The number of benzene rings is 2. The van der Waals surface area contributed by atoms with Gasteiger partial charge in [0, 0.05) is 12.6 Å². The maximum Gasteiger partial charge on any atom is 0.240 e. The van der Waals surface area contributed by atoms with Gasteiger partial charge in [0.05, 0.1) is 4.90 Å². The van der Waals surface area contributed by atoms with Crippen LogP contribution in [0.15, 0.2) is 53.4 Å². The largest absolute Gasteiger partial charge is 0.323 e. The summed E-state index contributed by atoms with van der Waals surface area (Å²) in [4.78, 5) is -0.0970. The maximum atomic E-state index is 13.3. The molecule has 0 aliphatic rings.